The Kier molecular flexibility index (Phi) is 5.07. The highest BCUT2D eigenvalue weighted by Crippen LogP contribution is 2.43. The molecule has 128 valence electrons. The lowest BCUT2D eigenvalue weighted by Gasteiger charge is -2.36. The predicted octanol–water partition coefficient (Wildman–Crippen LogP) is 4.20. The summed E-state index contributed by atoms with van der Waals surface area (Å²) in [5, 5.41) is 10.9. The van der Waals surface area contributed by atoms with E-state index in [1.165, 1.54) is 12.1 Å². The predicted molar refractivity (Wildman–Crippen MR) is 89.8 cm³/mol. The Hall–Kier alpha value is -2.04. The Morgan fingerprint density at radius 2 is 1.38 bits per heavy atom. The van der Waals surface area contributed by atoms with E-state index in [9.17, 15) is 19.7 Å². The van der Waals surface area contributed by atoms with Gasteiger partial charge >= 0.3 is 0 Å². The molecule has 2 aliphatic carbocycles. The molecule has 5 nitrogen and oxygen atoms in total. The minimum atomic E-state index is -0.420. The molecule has 0 heterocycles. The van der Waals surface area contributed by atoms with Crippen molar-refractivity contribution in [3.63, 3.8) is 0 Å². The smallest absolute Gasteiger partial charge is 0.269 e. The van der Waals surface area contributed by atoms with Gasteiger partial charge in [-0.2, -0.15) is 0 Å². The van der Waals surface area contributed by atoms with E-state index in [0.717, 1.165) is 44.1 Å². The summed E-state index contributed by atoms with van der Waals surface area (Å²) >= 11 is 0. The molecule has 1 aromatic carbocycles. The molecule has 0 radical (unpaired) electrons. The van der Waals surface area contributed by atoms with E-state index in [0.29, 0.717) is 12.8 Å². The molecule has 3 rings (SSSR count). The third kappa shape index (κ3) is 3.40. The van der Waals surface area contributed by atoms with Gasteiger partial charge in [0.15, 0.2) is 0 Å². The summed E-state index contributed by atoms with van der Waals surface area (Å²) in [6, 6.07) is 6.46. The molecule has 2 unspecified atom stereocenters. The van der Waals surface area contributed by atoms with Gasteiger partial charge in [-0.1, -0.05) is 25.0 Å². The van der Waals surface area contributed by atoms with E-state index >= 15 is 0 Å². The molecule has 0 saturated heterocycles. The first-order valence-corrected chi connectivity index (χ1v) is 8.87. The van der Waals surface area contributed by atoms with E-state index < -0.39 is 4.92 Å². The minimum absolute atomic E-state index is 0.0439. The van der Waals surface area contributed by atoms with Crippen molar-refractivity contribution in [1.29, 1.82) is 0 Å². The number of Topliss-reactive ketones (excluding diaryl/α,β-unsaturated/α-hetero) is 2. The molecule has 24 heavy (non-hydrogen) atoms. The normalized spacial score (nSPS) is 26.2. The summed E-state index contributed by atoms with van der Waals surface area (Å²) in [4.78, 5) is 35.5. The van der Waals surface area contributed by atoms with Crippen LogP contribution in [0.15, 0.2) is 24.3 Å². The molecule has 0 aromatic heterocycles. The van der Waals surface area contributed by atoms with Gasteiger partial charge in [-0.25, -0.2) is 0 Å². The van der Waals surface area contributed by atoms with E-state index in [1.54, 1.807) is 12.1 Å². The Bertz CT molecular complexity index is 609. The molecule has 0 bridgehead atoms. The fourth-order valence-electron chi connectivity index (χ4n) is 4.34. The largest absolute Gasteiger partial charge is 0.299 e. The number of non-ortho nitro benzene ring substituents is 1. The van der Waals surface area contributed by atoms with Crippen LogP contribution in [0.4, 0.5) is 5.69 Å². The number of benzene rings is 1. The lowest BCUT2D eigenvalue weighted by atomic mass is 9.66. The Balaban J connectivity index is 1.95. The third-order valence-electron chi connectivity index (χ3n) is 5.56. The summed E-state index contributed by atoms with van der Waals surface area (Å²) < 4.78 is 0. The van der Waals surface area contributed by atoms with Crippen molar-refractivity contribution in [3.05, 3.63) is 39.9 Å². The fraction of sp³-hybridized carbons (Fsp3) is 0.579. The molecule has 0 aliphatic heterocycles. The van der Waals surface area contributed by atoms with Crippen LogP contribution >= 0.6 is 0 Å². The molecule has 2 aliphatic rings. The first-order valence-electron chi connectivity index (χ1n) is 8.87. The monoisotopic (exact) mass is 329 g/mol. The first kappa shape index (κ1) is 16.8. The lowest BCUT2D eigenvalue weighted by Crippen LogP contribution is -2.35. The highest BCUT2D eigenvalue weighted by molar-refractivity contribution is 5.86. The second-order valence-corrected chi connectivity index (χ2v) is 7.01. The maximum absolute atomic E-state index is 12.5. The third-order valence-corrected chi connectivity index (χ3v) is 5.56. The maximum atomic E-state index is 12.5. The number of carbonyl (C=O) groups excluding carboxylic acids is 2. The van der Waals surface area contributed by atoms with E-state index in [-0.39, 0.29) is 35.0 Å². The molecule has 5 heteroatoms. The van der Waals surface area contributed by atoms with Crippen LogP contribution in [-0.4, -0.2) is 16.5 Å². The van der Waals surface area contributed by atoms with Crippen LogP contribution in [0, 0.1) is 22.0 Å². The van der Waals surface area contributed by atoms with E-state index in [4.69, 9.17) is 0 Å². The minimum Gasteiger partial charge on any atom is -0.299 e. The van der Waals surface area contributed by atoms with Gasteiger partial charge in [0.2, 0.25) is 0 Å². The van der Waals surface area contributed by atoms with Crippen LogP contribution in [0.25, 0.3) is 0 Å². The zero-order valence-corrected chi connectivity index (χ0v) is 13.8. The maximum Gasteiger partial charge on any atom is 0.269 e. The molecular formula is C19H23NO4. The lowest BCUT2D eigenvalue weighted by molar-refractivity contribution is -0.384. The van der Waals surface area contributed by atoms with Crippen molar-refractivity contribution in [3.8, 4) is 0 Å². The van der Waals surface area contributed by atoms with Gasteiger partial charge in [-0.15, -0.1) is 0 Å². The van der Waals surface area contributed by atoms with Gasteiger partial charge < -0.3 is 0 Å². The van der Waals surface area contributed by atoms with Crippen molar-refractivity contribution in [2.75, 3.05) is 0 Å². The van der Waals surface area contributed by atoms with Gasteiger partial charge in [0.25, 0.3) is 5.69 Å². The molecular weight excluding hydrogens is 306 g/mol. The van der Waals surface area contributed by atoms with Crippen LogP contribution < -0.4 is 0 Å². The van der Waals surface area contributed by atoms with Gasteiger partial charge in [-0.3, -0.25) is 19.7 Å². The number of ketones is 2. The number of hydrogen-bond donors (Lipinski definition) is 0. The van der Waals surface area contributed by atoms with Gasteiger partial charge in [0, 0.05) is 42.7 Å². The summed E-state index contributed by atoms with van der Waals surface area (Å²) in [7, 11) is 0. The first-order chi connectivity index (χ1) is 11.6. The van der Waals surface area contributed by atoms with Gasteiger partial charge in [-0.05, 0) is 31.2 Å². The fourth-order valence-corrected chi connectivity index (χ4v) is 4.34. The molecule has 1 aromatic rings. The summed E-state index contributed by atoms with van der Waals surface area (Å²) in [5.74, 6) is 0.150. The molecule has 0 spiro atoms. The zero-order chi connectivity index (χ0) is 17.1. The number of carbonyl (C=O) groups is 2. The van der Waals surface area contributed by atoms with Crippen molar-refractivity contribution >= 4 is 17.3 Å². The highest BCUT2D eigenvalue weighted by atomic mass is 16.6. The van der Waals surface area contributed by atoms with Crippen molar-refractivity contribution < 1.29 is 14.5 Å². The number of nitro groups is 1. The topological polar surface area (TPSA) is 77.3 Å². The van der Waals surface area contributed by atoms with Gasteiger partial charge in [0.05, 0.1) is 4.92 Å². The number of hydrogen-bond acceptors (Lipinski definition) is 4. The van der Waals surface area contributed by atoms with Crippen LogP contribution in [0.3, 0.4) is 0 Å². The average molecular weight is 329 g/mol. The van der Waals surface area contributed by atoms with Crippen LogP contribution in [0.1, 0.15) is 62.8 Å². The average Bonchev–Trinajstić information content (AvgIpc) is 2.59. The SMILES string of the molecule is O=C1CCCCC1C(c1ccc([N+](=O)[O-])cc1)C1CCCCC1=O. The van der Waals surface area contributed by atoms with Crippen molar-refractivity contribution in [2.45, 2.75) is 57.3 Å². The quantitative estimate of drug-likeness (QED) is 0.613. The number of rotatable bonds is 4. The summed E-state index contributed by atoms with van der Waals surface area (Å²) in [6.07, 6.45) is 6.72. The van der Waals surface area contributed by atoms with Crippen molar-refractivity contribution in [2.24, 2.45) is 11.8 Å². The number of nitrogens with zero attached hydrogens (tertiary/aromatic N) is 1. The van der Waals surface area contributed by atoms with Crippen molar-refractivity contribution in [1.82, 2.24) is 0 Å². The molecule has 2 fully saturated rings. The van der Waals surface area contributed by atoms with Crippen LogP contribution in [0.5, 0.6) is 0 Å². The molecule has 0 amide bonds. The van der Waals surface area contributed by atoms with E-state index in [1.807, 2.05) is 0 Å². The second-order valence-electron chi connectivity index (χ2n) is 7.01. The standard InChI is InChI=1S/C19H23NO4/c21-17-7-3-1-5-15(17)19(16-6-2-4-8-18(16)22)13-9-11-14(12-10-13)20(23)24/h9-12,15-16,19H,1-8H2. The summed E-state index contributed by atoms with van der Waals surface area (Å²) in [6.45, 7) is 0. The van der Waals surface area contributed by atoms with E-state index in [2.05, 4.69) is 0 Å². The molecule has 2 saturated carbocycles. The Morgan fingerprint density at radius 3 is 1.79 bits per heavy atom. The van der Waals surface area contributed by atoms with Crippen LogP contribution in [-0.2, 0) is 9.59 Å². The highest BCUT2D eigenvalue weighted by Gasteiger charge is 2.40. The van der Waals surface area contributed by atoms with Crippen LogP contribution in [0.2, 0.25) is 0 Å². The molecule has 2 atom stereocenters. The summed E-state index contributed by atoms with van der Waals surface area (Å²) in [5.41, 5.74) is 0.948. The Morgan fingerprint density at radius 1 is 0.875 bits per heavy atom. The van der Waals surface area contributed by atoms with Gasteiger partial charge in [0.1, 0.15) is 11.6 Å². The Labute approximate surface area is 141 Å². The second kappa shape index (κ2) is 7.24. The zero-order valence-electron chi connectivity index (χ0n) is 13.8. The molecule has 0 N–H and O–H groups in total. The number of nitro benzene ring substituents is 1.